The quantitative estimate of drug-likeness (QED) is 0.180. The largest absolute Gasteiger partial charge is 0.256 e. The van der Waals surface area contributed by atoms with Crippen molar-refractivity contribution < 1.29 is 0 Å². The van der Waals surface area contributed by atoms with Crippen molar-refractivity contribution in [3.63, 3.8) is 0 Å². The summed E-state index contributed by atoms with van der Waals surface area (Å²) in [7, 11) is 0. The first kappa shape index (κ1) is 28.2. The summed E-state index contributed by atoms with van der Waals surface area (Å²) in [6, 6.07) is 52.6. The van der Waals surface area contributed by atoms with Crippen LogP contribution < -0.4 is 0 Å². The van der Waals surface area contributed by atoms with Gasteiger partial charge < -0.3 is 0 Å². The van der Waals surface area contributed by atoms with Crippen LogP contribution in [0.1, 0.15) is 0 Å². The maximum Gasteiger partial charge on any atom is 0.0972 e. The molecule has 0 unspecified atom stereocenters. The van der Waals surface area contributed by atoms with Gasteiger partial charge in [0, 0.05) is 56.0 Å². The van der Waals surface area contributed by atoms with Crippen LogP contribution >= 0.6 is 0 Å². The van der Waals surface area contributed by atoms with Crippen LogP contribution in [0.15, 0.2) is 164 Å². The molecule has 0 aliphatic rings. The van der Waals surface area contributed by atoms with Gasteiger partial charge >= 0.3 is 0 Å². The van der Waals surface area contributed by atoms with Gasteiger partial charge in [0.15, 0.2) is 0 Å². The molecule has 0 N–H and O–H groups in total. The molecule has 5 heteroatoms. The Morgan fingerprint density at radius 2 is 0.920 bits per heavy atom. The minimum Gasteiger partial charge on any atom is -0.256 e. The smallest absolute Gasteiger partial charge is 0.0972 e. The van der Waals surface area contributed by atoms with Gasteiger partial charge in [-0.3, -0.25) is 9.97 Å². The van der Waals surface area contributed by atoms with Gasteiger partial charge in [0.2, 0.25) is 0 Å². The van der Waals surface area contributed by atoms with Crippen LogP contribution in [0.2, 0.25) is 0 Å². The van der Waals surface area contributed by atoms with E-state index in [1.165, 1.54) is 0 Å². The zero-order valence-corrected chi connectivity index (χ0v) is 26.8. The van der Waals surface area contributed by atoms with E-state index in [-0.39, 0.29) is 0 Å². The van der Waals surface area contributed by atoms with E-state index in [1.54, 1.807) is 0 Å². The van der Waals surface area contributed by atoms with Crippen LogP contribution in [0.25, 0.3) is 99.4 Å². The third-order valence-electron chi connectivity index (χ3n) is 9.49. The molecule has 50 heavy (non-hydrogen) atoms. The Morgan fingerprint density at radius 3 is 1.82 bits per heavy atom. The van der Waals surface area contributed by atoms with Crippen molar-refractivity contribution in [2.75, 3.05) is 0 Å². The first-order valence-corrected chi connectivity index (χ1v) is 16.6. The normalized spacial score (nSPS) is 11.6. The molecule has 5 heterocycles. The molecule has 0 saturated carbocycles. The second-order valence-electron chi connectivity index (χ2n) is 12.6. The van der Waals surface area contributed by atoms with Crippen LogP contribution in [0.4, 0.5) is 0 Å². The summed E-state index contributed by atoms with van der Waals surface area (Å²) in [5, 5.41) is 5.46. The van der Waals surface area contributed by atoms with E-state index in [0.717, 1.165) is 99.4 Å². The number of para-hydroxylation sites is 1. The summed E-state index contributed by atoms with van der Waals surface area (Å²) >= 11 is 0. The molecule has 0 saturated heterocycles. The standard InChI is InChI=1S/C45H27N5/c1-2-9-38-33(5-1)25-37(27-47-38)42-18-14-28-10-13-32(26-43(28)49-42)31-16-20-40-36(23-31)17-21-39(48-40)34-6-3-7-35(24-34)41-19-15-30-12-11-29-8-4-22-46-44(29)45(30)50-41/h1-27H. The topological polar surface area (TPSA) is 64.5 Å². The van der Waals surface area contributed by atoms with E-state index in [1.807, 2.05) is 36.7 Å². The molecule has 0 amide bonds. The Labute approximate surface area is 287 Å². The van der Waals surface area contributed by atoms with Gasteiger partial charge in [0.1, 0.15) is 0 Å². The van der Waals surface area contributed by atoms with Crippen molar-refractivity contribution in [3.05, 3.63) is 164 Å². The first-order valence-electron chi connectivity index (χ1n) is 16.6. The Morgan fingerprint density at radius 1 is 0.300 bits per heavy atom. The Bertz CT molecular complexity index is 2950. The molecular weight excluding hydrogens is 611 g/mol. The predicted octanol–water partition coefficient (Wildman–Crippen LogP) is 11.1. The van der Waals surface area contributed by atoms with Gasteiger partial charge in [-0.1, -0.05) is 91.0 Å². The predicted molar refractivity (Wildman–Crippen MR) is 205 cm³/mol. The van der Waals surface area contributed by atoms with Crippen molar-refractivity contribution in [3.8, 4) is 44.9 Å². The van der Waals surface area contributed by atoms with Crippen LogP contribution in [-0.4, -0.2) is 24.9 Å². The van der Waals surface area contributed by atoms with Crippen molar-refractivity contribution in [2.45, 2.75) is 0 Å². The first-order chi connectivity index (χ1) is 24.7. The lowest BCUT2D eigenvalue weighted by atomic mass is 10.00. The minimum absolute atomic E-state index is 0.911. The summed E-state index contributed by atoms with van der Waals surface area (Å²) in [4.78, 5) is 24.4. The number of fused-ring (bicyclic) bond motifs is 6. The number of hydrogen-bond acceptors (Lipinski definition) is 5. The van der Waals surface area contributed by atoms with E-state index in [9.17, 15) is 0 Å². The summed E-state index contributed by atoms with van der Waals surface area (Å²) < 4.78 is 0. The molecule has 0 spiro atoms. The van der Waals surface area contributed by atoms with Crippen LogP contribution in [-0.2, 0) is 0 Å². The lowest BCUT2D eigenvalue weighted by Crippen LogP contribution is -1.90. The molecule has 0 fully saturated rings. The molecule has 0 aliphatic heterocycles. The second kappa shape index (κ2) is 11.4. The van der Waals surface area contributed by atoms with Crippen LogP contribution in [0, 0.1) is 0 Å². The second-order valence-corrected chi connectivity index (χ2v) is 12.6. The molecule has 10 rings (SSSR count). The lowest BCUT2D eigenvalue weighted by Gasteiger charge is -2.10. The van der Waals surface area contributed by atoms with Gasteiger partial charge in [-0.25, -0.2) is 15.0 Å². The summed E-state index contributed by atoms with van der Waals surface area (Å²) in [5.41, 5.74) is 12.8. The van der Waals surface area contributed by atoms with E-state index in [4.69, 9.17) is 15.0 Å². The number of rotatable bonds is 4. The highest BCUT2D eigenvalue weighted by Crippen LogP contribution is 2.32. The Kier molecular flexibility index (Phi) is 6.42. The number of nitrogens with zero attached hydrogens (tertiary/aromatic N) is 5. The zero-order chi connectivity index (χ0) is 33.0. The fraction of sp³-hybridized carbons (Fsp3) is 0. The maximum absolute atomic E-state index is 5.07. The fourth-order valence-electron chi connectivity index (χ4n) is 6.86. The fourth-order valence-corrected chi connectivity index (χ4v) is 6.86. The van der Waals surface area contributed by atoms with Gasteiger partial charge in [-0.2, -0.15) is 0 Å². The molecule has 5 aromatic heterocycles. The van der Waals surface area contributed by atoms with Crippen molar-refractivity contribution in [1.82, 2.24) is 24.9 Å². The lowest BCUT2D eigenvalue weighted by molar-refractivity contribution is 1.35. The monoisotopic (exact) mass is 637 g/mol. The highest BCUT2D eigenvalue weighted by Gasteiger charge is 2.10. The van der Waals surface area contributed by atoms with Gasteiger partial charge in [-0.15, -0.1) is 0 Å². The average molecular weight is 638 g/mol. The van der Waals surface area contributed by atoms with E-state index >= 15 is 0 Å². The van der Waals surface area contributed by atoms with E-state index in [0.29, 0.717) is 0 Å². The highest BCUT2D eigenvalue weighted by molar-refractivity contribution is 6.03. The van der Waals surface area contributed by atoms with Crippen LogP contribution in [0.5, 0.6) is 0 Å². The Hall–Kier alpha value is -6.85. The van der Waals surface area contributed by atoms with Gasteiger partial charge in [-0.05, 0) is 71.8 Å². The molecule has 232 valence electrons. The van der Waals surface area contributed by atoms with Gasteiger partial charge in [0.25, 0.3) is 0 Å². The van der Waals surface area contributed by atoms with E-state index < -0.39 is 0 Å². The number of pyridine rings is 5. The molecule has 0 aliphatic carbocycles. The van der Waals surface area contributed by atoms with E-state index in [2.05, 4.69) is 137 Å². The SMILES string of the molecule is c1cc(-c2ccc3cc(-c4ccc5ccc(-c6cnc7ccccc7c6)nc5c4)ccc3n2)cc(-c2ccc3ccc4cccnc4c3n2)c1. The van der Waals surface area contributed by atoms with Gasteiger partial charge in [0.05, 0.1) is 44.7 Å². The summed E-state index contributed by atoms with van der Waals surface area (Å²) in [6.45, 7) is 0. The number of benzene rings is 5. The van der Waals surface area contributed by atoms with Crippen molar-refractivity contribution >= 4 is 54.5 Å². The van der Waals surface area contributed by atoms with Crippen molar-refractivity contribution in [1.29, 1.82) is 0 Å². The molecule has 5 nitrogen and oxygen atoms in total. The van der Waals surface area contributed by atoms with Crippen LogP contribution in [0.3, 0.4) is 0 Å². The highest BCUT2D eigenvalue weighted by atomic mass is 14.8. The molecule has 10 aromatic rings. The zero-order valence-electron chi connectivity index (χ0n) is 26.8. The van der Waals surface area contributed by atoms with Crippen molar-refractivity contribution in [2.24, 2.45) is 0 Å². The molecule has 0 radical (unpaired) electrons. The third-order valence-corrected chi connectivity index (χ3v) is 9.49. The molecular formula is C45H27N5. The minimum atomic E-state index is 0.911. The number of aromatic nitrogens is 5. The third kappa shape index (κ3) is 4.92. The summed E-state index contributed by atoms with van der Waals surface area (Å²) in [6.07, 6.45) is 3.73. The average Bonchev–Trinajstić information content (AvgIpc) is 3.19. The molecule has 0 bridgehead atoms. The molecule has 0 atom stereocenters. The number of hydrogen-bond donors (Lipinski definition) is 0. The Balaban J connectivity index is 0.967. The summed E-state index contributed by atoms with van der Waals surface area (Å²) in [5.74, 6) is 0. The maximum atomic E-state index is 5.07. The molecule has 5 aromatic carbocycles.